The highest BCUT2D eigenvalue weighted by Crippen LogP contribution is 2.28. The molecule has 6 heteroatoms. The second-order valence-electron chi connectivity index (χ2n) is 3.17. The molecular formula is C10H5N3O3. The lowest BCUT2D eigenvalue weighted by atomic mass is 9.94. The van der Waals surface area contributed by atoms with Crippen LogP contribution in [0.4, 0.5) is 5.69 Å². The summed E-state index contributed by atoms with van der Waals surface area (Å²) in [6.07, 6.45) is 0. The molecule has 0 amide bonds. The van der Waals surface area contributed by atoms with Crippen LogP contribution in [0.15, 0.2) is 29.3 Å². The molecule has 1 heterocycles. The van der Waals surface area contributed by atoms with Gasteiger partial charge in [-0.2, -0.15) is 5.26 Å². The average molecular weight is 215 g/mol. The predicted octanol–water partition coefficient (Wildman–Crippen LogP) is 1.33. The van der Waals surface area contributed by atoms with E-state index in [9.17, 15) is 14.9 Å². The number of hydrogen-bond donors (Lipinski definition) is 0. The van der Waals surface area contributed by atoms with Crippen molar-refractivity contribution in [2.45, 2.75) is 0 Å². The van der Waals surface area contributed by atoms with E-state index in [0.29, 0.717) is 0 Å². The maximum atomic E-state index is 11.8. The van der Waals surface area contributed by atoms with Gasteiger partial charge < -0.3 is 10.1 Å². The predicted molar refractivity (Wildman–Crippen MR) is 54.0 cm³/mol. The number of nitrogens with zero attached hydrogens (tertiary/aromatic N) is 3. The molecule has 1 aliphatic rings. The Bertz CT molecular complexity index is 557. The standard InChI is InChI=1S/C10H5N3O3/c11-5-7-9(14)6-3-1-2-4-8(6)12-10(7)13(15)16/h1-4,7H. The Kier molecular flexibility index (Phi) is 2.21. The molecule has 1 aromatic rings. The number of nitro groups is 1. The number of benzene rings is 1. The minimum atomic E-state index is -1.41. The van der Waals surface area contributed by atoms with Crippen molar-refractivity contribution >= 4 is 17.3 Å². The highest BCUT2D eigenvalue weighted by atomic mass is 16.6. The number of aliphatic imine (C=N–C) groups is 1. The first kappa shape index (κ1) is 9.98. The van der Waals surface area contributed by atoms with Gasteiger partial charge in [0.2, 0.25) is 5.92 Å². The third-order valence-corrected chi connectivity index (χ3v) is 2.24. The van der Waals surface area contributed by atoms with Crippen molar-refractivity contribution < 1.29 is 9.72 Å². The van der Waals surface area contributed by atoms with Gasteiger partial charge in [-0.3, -0.25) is 4.79 Å². The minimum Gasteiger partial charge on any atom is -0.358 e. The van der Waals surface area contributed by atoms with E-state index < -0.39 is 22.5 Å². The van der Waals surface area contributed by atoms with Crippen molar-refractivity contribution in [3.05, 3.63) is 39.9 Å². The number of fused-ring (bicyclic) bond motifs is 1. The van der Waals surface area contributed by atoms with Crippen LogP contribution in [0.5, 0.6) is 0 Å². The Morgan fingerprint density at radius 3 is 2.75 bits per heavy atom. The van der Waals surface area contributed by atoms with Crippen LogP contribution >= 0.6 is 0 Å². The fourth-order valence-electron chi connectivity index (χ4n) is 1.50. The van der Waals surface area contributed by atoms with Gasteiger partial charge >= 0.3 is 5.84 Å². The molecule has 1 aromatic carbocycles. The first-order chi connectivity index (χ1) is 7.65. The van der Waals surface area contributed by atoms with E-state index in [2.05, 4.69) is 4.99 Å². The summed E-state index contributed by atoms with van der Waals surface area (Å²) in [4.78, 5) is 25.3. The van der Waals surface area contributed by atoms with E-state index >= 15 is 0 Å². The number of carbonyl (C=O) groups is 1. The van der Waals surface area contributed by atoms with Crippen LogP contribution in [0.25, 0.3) is 0 Å². The normalized spacial score (nSPS) is 18.3. The minimum absolute atomic E-state index is 0.241. The van der Waals surface area contributed by atoms with Gasteiger partial charge in [0, 0.05) is 0 Å². The fourth-order valence-corrected chi connectivity index (χ4v) is 1.50. The molecule has 0 N–H and O–H groups in total. The molecule has 0 saturated heterocycles. The molecule has 0 saturated carbocycles. The maximum Gasteiger partial charge on any atom is 0.364 e. The lowest BCUT2D eigenvalue weighted by Crippen LogP contribution is -2.31. The van der Waals surface area contributed by atoms with Crippen molar-refractivity contribution in [3.8, 4) is 6.07 Å². The zero-order valence-electron chi connectivity index (χ0n) is 7.95. The highest BCUT2D eigenvalue weighted by Gasteiger charge is 2.40. The van der Waals surface area contributed by atoms with Crippen LogP contribution in [0.2, 0.25) is 0 Å². The summed E-state index contributed by atoms with van der Waals surface area (Å²) in [5.41, 5.74) is 0.491. The molecule has 1 unspecified atom stereocenters. The number of hydrogen-bond acceptors (Lipinski definition) is 5. The third-order valence-electron chi connectivity index (χ3n) is 2.24. The van der Waals surface area contributed by atoms with E-state index in [-0.39, 0.29) is 11.3 Å². The summed E-state index contributed by atoms with van der Waals surface area (Å²) in [5, 5.41) is 19.4. The van der Waals surface area contributed by atoms with Gasteiger partial charge in [0.25, 0.3) is 0 Å². The first-order valence-electron chi connectivity index (χ1n) is 4.41. The molecule has 0 bridgehead atoms. The number of Topliss-reactive ketones (excluding diaryl/α,β-unsaturated/α-hetero) is 1. The molecule has 1 atom stereocenters. The van der Waals surface area contributed by atoms with Gasteiger partial charge in [-0.1, -0.05) is 12.1 Å². The van der Waals surface area contributed by atoms with Crippen LogP contribution in [-0.2, 0) is 0 Å². The van der Waals surface area contributed by atoms with Crippen molar-refractivity contribution in [1.82, 2.24) is 0 Å². The molecule has 16 heavy (non-hydrogen) atoms. The molecule has 0 spiro atoms. The Labute approximate surface area is 90.0 Å². The Morgan fingerprint density at radius 2 is 2.12 bits per heavy atom. The summed E-state index contributed by atoms with van der Waals surface area (Å²) in [5.74, 6) is -2.59. The van der Waals surface area contributed by atoms with E-state index in [1.54, 1.807) is 18.2 Å². The molecule has 6 nitrogen and oxygen atoms in total. The summed E-state index contributed by atoms with van der Waals surface area (Å²) < 4.78 is 0. The summed E-state index contributed by atoms with van der Waals surface area (Å²) in [7, 11) is 0. The SMILES string of the molecule is N#CC1C(=O)c2ccccc2N=C1[N+](=O)[O-]. The van der Waals surface area contributed by atoms with Gasteiger partial charge in [-0.05, 0) is 22.0 Å². The quantitative estimate of drug-likeness (QED) is 0.481. The van der Waals surface area contributed by atoms with Gasteiger partial charge in [0.1, 0.15) is 0 Å². The number of para-hydroxylation sites is 1. The number of rotatable bonds is 0. The molecule has 0 fully saturated rings. The van der Waals surface area contributed by atoms with E-state index in [1.807, 2.05) is 0 Å². The molecule has 78 valence electrons. The summed E-state index contributed by atoms with van der Waals surface area (Å²) in [6.45, 7) is 0. The number of nitriles is 1. The monoisotopic (exact) mass is 215 g/mol. The van der Waals surface area contributed by atoms with Crippen LogP contribution < -0.4 is 0 Å². The molecule has 0 aromatic heterocycles. The Hall–Kier alpha value is -2.55. The lowest BCUT2D eigenvalue weighted by Gasteiger charge is -2.10. The molecule has 0 radical (unpaired) electrons. The van der Waals surface area contributed by atoms with Gasteiger partial charge in [-0.25, -0.2) is 0 Å². The van der Waals surface area contributed by atoms with Crippen molar-refractivity contribution in [3.63, 3.8) is 0 Å². The molecule has 0 aliphatic carbocycles. The fraction of sp³-hybridized carbons (Fsp3) is 0.100. The zero-order chi connectivity index (χ0) is 11.7. The number of amidine groups is 1. The van der Waals surface area contributed by atoms with Crippen LogP contribution in [0.3, 0.4) is 0 Å². The topological polar surface area (TPSA) is 96.4 Å². The molecular weight excluding hydrogens is 210 g/mol. The second-order valence-corrected chi connectivity index (χ2v) is 3.17. The highest BCUT2D eigenvalue weighted by molar-refractivity contribution is 6.17. The average Bonchev–Trinajstić information content (AvgIpc) is 2.29. The van der Waals surface area contributed by atoms with Gasteiger partial charge in [0.05, 0.1) is 11.6 Å². The van der Waals surface area contributed by atoms with Crippen LogP contribution in [0.1, 0.15) is 10.4 Å². The van der Waals surface area contributed by atoms with E-state index in [1.165, 1.54) is 12.1 Å². The van der Waals surface area contributed by atoms with Gasteiger partial charge in [-0.15, -0.1) is 0 Å². The summed E-state index contributed by atoms with van der Waals surface area (Å²) >= 11 is 0. The number of ketones is 1. The molecule has 2 rings (SSSR count). The van der Waals surface area contributed by atoms with Gasteiger partial charge in [0.15, 0.2) is 11.5 Å². The largest absolute Gasteiger partial charge is 0.364 e. The molecule has 1 aliphatic heterocycles. The van der Waals surface area contributed by atoms with E-state index in [4.69, 9.17) is 5.26 Å². The summed E-state index contributed by atoms with van der Waals surface area (Å²) in [6, 6.07) is 7.86. The lowest BCUT2D eigenvalue weighted by molar-refractivity contribution is -0.354. The van der Waals surface area contributed by atoms with Crippen molar-refractivity contribution in [2.24, 2.45) is 10.9 Å². The second kappa shape index (κ2) is 3.55. The maximum absolute atomic E-state index is 11.8. The first-order valence-corrected chi connectivity index (χ1v) is 4.41. The van der Waals surface area contributed by atoms with Crippen LogP contribution in [-0.4, -0.2) is 16.5 Å². The zero-order valence-corrected chi connectivity index (χ0v) is 7.95. The number of carbonyl (C=O) groups excluding carboxylic acids is 1. The van der Waals surface area contributed by atoms with Crippen molar-refractivity contribution in [2.75, 3.05) is 0 Å². The smallest absolute Gasteiger partial charge is 0.358 e. The Morgan fingerprint density at radius 1 is 1.44 bits per heavy atom. The van der Waals surface area contributed by atoms with E-state index in [0.717, 1.165) is 0 Å². The van der Waals surface area contributed by atoms with Crippen molar-refractivity contribution in [1.29, 1.82) is 5.26 Å². The van der Waals surface area contributed by atoms with Crippen LogP contribution in [0, 0.1) is 27.4 Å². The third kappa shape index (κ3) is 1.35. The Balaban J connectivity index is 2.66.